The van der Waals surface area contributed by atoms with Crippen molar-refractivity contribution < 1.29 is 14.2 Å². The van der Waals surface area contributed by atoms with E-state index in [0.717, 1.165) is 43.4 Å². The number of primary amides is 1. The lowest BCUT2D eigenvalue weighted by atomic mass is 10.1. The van der Waals surface area contributed by atoms with Gasteiger partial charge < -0.3 is 15.1 Å². The Hall–Kier alpha value is -1.53. The quantitative estimate of drug-likeness (QED) is 0.494. The Balaban J connectivity index is 1.72. The van der Waals surface area contributed by atoms with Crippen molar-refractivity contribution >= 4 is 22.8 Å². The standard InChI is InChI=1S/C16H20N2O3S/c17-16(19)15(18-21-12-3-1-2-4-12)11-5-7-13(8-6-11)22(20)14-9-10-14/h5-8,12,14H,1-4,9-10H2,(H2,17,19)/b18-15+. The first-order valence-electron chi connectivity index (χ1n) is 7.70. The topological polar surface area (TPSA) is 87.7 Å². The molecule has 2 fully saturated rings. The third kappa shape index (κ3) is 3.62. The molecule has 0 aliphatic heterocycles. The van der Waals surface area contributed by atoms with Gasteiger partial charge in [0.2, 0.25) is 0 Å². The number of nitrogens with zero attached hydrogens (tertiary/aromatic N) is 1. The van der Waals surface area contributed by atoms with E-state index in [2.05, 4.69) is 5.16 Å². The Morgan fingerprint density at radius 1 is 1.18 bits per heavy atom. The minimum atomic E-state index is -0.949. The summed E-state index contributed by atoms with van der Waals surface area (Å²) >= 11 is -0.949. The number of benzene rings is 1. The van der Waals surface area contributed by atoms with E-state index in [-0.39, 0.29) is 11.8 Å². The van der Waals surface area contributed by atoms with Gasteiger partial charge in [-0.3, -0.25) is 4.79 Å². The van der Waals surface area contributed by atoms with Gasteiger partial charge in [0.1, 0.15) is 11.4 Å². The summed E-state index contributed by atoms with van der Waals surface area (Å²) < 4.78 is 12.1. The molecule has 2 N–H and O–H groups in total. The van der Waals surface area contributed by atoms with Crippen molar-refractivity contribution in [1.82, 2.24) is 0 Å². The lowest BCUT2D eigenvalue weighted by Crippen LogP contribution is -2.25. The van der Waals surface area contributed by atoms with Crippen LogP contribution in [0.4, 0.5) is 0 Å². The van der Waals surface area contributed by atoms with E-state index in [1.807, 2.05) is 0 Å². The molecule has 1 unspecified atom stereocenters. The average molecular weight is 320 g/mol. The Morgan fingerprint density at radius 2 is 1.82 bits per heavy atom. The molecule has 2 aliphatic carbocycles. The van der Waals surface area contributed by atoms with E-state index >= 15 is 0 Å². The van der Waals surface area contributed by atoms with Crippen LogP contribution in [-0.4, -0.2) is 27.5 Å². The average Bonchev–Trinajstić information content (AvgIpc) is 3.24. The monoisotopic (exact) mass is 320 g/mol. The van der Waals surface area contributed by atoms with E-state index in [0.29, 0.717) is 10.8 Å². The predicted octanol–water partition coefficient (Wildman–Crippen LogP) is 2.11. The lowest BCUT2D eigenvalue weighted by Gasteiger charge is -2.11. The summed E-state index contributed by atoms with van der Waals surface area (Å²) in [4.78, 5) is 17.8. The summed E-state index contributed by atoms with van der Waals surface area (Å²) in [5.74, 6) is -0.617. The summed E-state index contributed by atoms with van der Waals surface area (Å²) in [5.41, 5.74) is 6.12. The number of carbonyl (C=O) groups is 1. The molecule has 0 aromatic heterocycles. The minimum Gasteiger partial charge on any atom is -0.611 e. The van der Waals surface area contributed by atoms with Crippen LogP contribution in [-0.2, 0) is 20.8 Å². The fourth-order valence-corrected chi connectivity index (χ4v) is 3.94. The van der Waals surface area contributed by atoms with Gasteiger partial charge in [0.05, 0.1) is 0 Å². The van der Waals surface area contributed by atoms with Crippen molar-refractivity contribution in [3.05, 3.63) is 29.8 Å². The Kier molecular flexibility index (Phi) is 4.69. The maximum absolute atomic E-state index is 12.1. The minimum absolute atomic E-state index is 0.0796. The van der Waals surface area contributed by atoms with Crippen LogP contribution in [0.1, 0.15) is 44.1 Å². The molecule has 5 nitrogen and oxygen atoms in total. The molecular weight excluding hydrogens is 300 g/mol. The van der Waals surface area contributed by atoms with Crippen LogP contribution in [0, 0.1) is 0 Å². The van der Waals surface area contributed by atoms with Crippen molar-refractivity contribution in [2.45, 2.75) is 54.8 Å². The molecular formula is C16H20N2O3S. The smallest absolute Gasteiger partial charge is 0.271 e. The molecule has 2 aliphatic rings. The van der Waals surface area contributed by atoms with Crippen LogP contribution < -0.4 is 5.73 Å². The maximum atomic E-state index is 12.1. The first kappa shape index (κ1) is 15.4. The van der Waals surface area contributed by atoms with Gasteiger partial charge in [0.15, 0.2) is 10.6 Å². The molecule has 22 heavy (non-hydrogen) atoms. The molecule has 118 valence electrons. The third-order valence-electron chi connectivity index (χ3n) is 4.02. The van der Waals surface area contributed by atoms with Gasteiger partial charge >= 0.3 is 0 Å². The normalized spacial score (nSPS) is 20.9. The fraction of sp³-hybridized carbons (Fsp3) is 0.500. The van der Waals surface area contributed by atoms with Gasteiger partial charge in [-0.15, -0.1) is 0 Å². The van der Waals surface area contributed by atoms with E-state index in [4.69, 9.17) is 10.6 Å². The van der Waals surface area contributed by atoms with Gasteiger partial charge in [0.25, 0.3) is 5.91 Å². The van der Waals surface area contributed by atoms with Gasteiger partial charge in [-0.1, -0.05) is 5.16 Å². The van der Waals surface area contributed by atoms with Crippen LogP contribution in [0.2, 0.25) is 0 Å². The first-order chi connectivity index (χ1) is 10.6. The summed E-state index contributed by atoms with van der Waals surface area (Å²) in [6.45, 7) is 0. The van der Waals surface area contributed by atoms with Crippen molar-refractivity contribution in [3.8, 4) is 0 Å². The molecule has 1 atom stereocenters. The SMILES string of the molecule is NC(=O)/C(=N/OC1CCCC1)c1ccc([S+]([O-])C2CC2)cc1. The Bertz CT molecular complexity index is 563. The highest BCUT2D eigenvalue weighted by Crippen LogP contribution is 2.33. The van der Waals surface area contributed by atoms with E-state index in [1.165, 1.54) is 0 Å². The first-order valence-corrected chi connectivity index (χ1v) is 8.91. The molecule has 1 aromatic rings. The second-order valence-electron chi connectivity index (χ2n) is 5.84. The lowest BCUT2D eigenvalue weighted by molar-refractivity contribution is -0.112. The van der Waals surface area contributed by atoms with Crippen molar-refractivity contribution in [3.63, 3.8) is 0 Å². The third-order valence-corrected chi connectivity index (χ3v) is 5.83. The molecule has 3 rings (SSSR count). The molecule has 0 heterocycles. The second-order valence-corrected chi connectivity index (χ2v) is 7.57. The van der Waals surface area contributed by atoms with Crippen LogP contribution in [0.3, 0.4) is 0 Å². The van der Waals surface area contributed by atoms with Crippen LogP contribution in [0.15, 0.2) is 34.3 Å². The maximum Gasteiger partial charge on any atom is 0.271 e. The highest BCUT2D eigenvalue weighted by Gasteiger charge is 2.35. The van der Waals surface area contributed by atoms with Crippen molar-refractivity contribution in [2.75, 3.05) is 0 Å². The zero-order chi connectivity index (χ0) is 15.5. The number of hydrogen-bond donors (Lipinski definition) is 1. The number of oxime groups is 1. The molecule has 0 bridgehead atoms. The van der Waals surface area contributed by atoms with Gasteiger partial charge in [0, 0.05) is 18.4 Å². The molecule has 0 spiro atoms. The van der Waals surface area contributed by atoms with Crippen LogP contribution >= 0.6 is 0 Å². The molecule has 2 saturated carbocycles. The number of carbonyl (C=O) groups excluding carboxylic acids is 1. The Morgan fingerprint density at radius 3 is 2.36 bits per heavy atom. The molecule has 1 aromatic carbocycles. The summed E-state index contributed by atoms with van der Waals surface area (Å²) in [6, 6.07) is 7.02. The number of hydrogen-bond acceptors (Lipinski definition) is 4. The summed E-state index contributed by atoms with van der Waals surface area (Å²) in [7, 11) is 0. The highest BCUT2D eigenvalue weighted by molar-refractivity contribution is 7.92. The molecule has 6 heteroatoms. The number of nitrogens with two attached hydrogens (primary N) is 1. The second kappa shape index (κ2) is 6.71. The van der Waals surface area contributed by atoms with E-state index in [1.54, 1.807) is 24.3 Å². The molecule has 0 radical (unpaired) electrons. The van der Waals surface area contributed by atoms with E-state index in [9.17, 15) is 9.35 Å². The van der Waals surface area contributed by atoms with Crippen molar-refractivity contribution in [2.24, 2.45) is 10.9 Å². The van der Waals surface area contributed by atoms with Gasteiger partial charge in [-0.05, 0) is 61.1 Å². The highest BCUT2D eigenvalue weighted by atomic mass is 32.2. The largest absolute Gasteiger partial charge is 0.611 e. The number of amides is 1. The molecule has 0 saturated heterocycles. The van der Waals surface area contributed by atoms with Crippen molar-refractivity contribution in [1.29, 1.82) is 0 Å². The van der Waals surface area contributed by atoms with Crippen LogP contribution in [0.5, 0.6) is 0 Å². The van der Waals surface area contributed by atoms with Gasteiger partial charge in [-0.25, -0.2) is 0 Å². The number of rotatable bonds is 6. The summed E-state index contributed by atoms with van der Waals surface area (Å²) in [6.07, 6.45) is 6.33. The zero-order valence-electron chi connectivity index (χ0n) is 12.4. The molecule has 1 amide bonds. The Labute approximate surface area is 133 Å². The summed E-state index contributed by atoms with van der Waals surface area (Å²) in [5, 5.41) is 4.26. The zero-order valence-corrected chi connectivity index (χ0v) is 13.2. The van der Waals surface area contributed by atoms with Crippen LogP contribution in [0.25, 0.3) is 0 Å². The van der Waals surface area contributed by atoms with Gasteiger partial charge in [-0.2, -0.15) is 0 Å². The fourth-order valence-electron chi connectivity index (χ4n) is 2.58. The van der Waals surface area contributed by atoms with E-state index < -0.39 is 17.1 Å². The predicted molar refractivity (Wildman–Crippen MR) is 84.9 cm³/mol.